The van der Waals surface area contributed by atoms with Gasteiger partial charge in [-0.1, -0.05) is 24.8 Å². The Bertz CT molecular complexity index is 1490. The zero-order valence-electron chi connectivity index (χ0n) is 22.0. The highest BCUT2D eigenvalue weighted by Gasteiger charge is 2.26. The van der Waals surface area contributed by atoms with Crippen LogP contribution in [0.5, 0.6) is 0 Å². The number of morpholine rings is 1. The molecule has 1 aliphatic carbocycles. The first-order chi connectivity index (χ1) is 18.4. The monoisotopic (exact) mass is 535 g/mol. The molecule has 0 spiro atoms. The number of nitrogens with two attached hydrogens (primary N) is 1. The molecule has 0 radical (unpaired) electrons. The van der Waals surface area contributed by atoms with Crippen LogP contribution in [-0.2, 0) is 21.8 Å². The van der Waals surface area contributed by atoms with Crippen molar-refractivity contribution in [3.05, 3.63) is 71.3 Å². The van der Waals surface area contributed by atoms with E-state index in [1.807, 2.05) is 19.3 Å². The van der Waals surface area contributed by atoms with Crippen molar-refractivity contribution in [1.29, 1.82) is 0 Å². The van der Waals surface area contributed by atoms with Gasteiger partial charge in [0.2, 0.25) is 0 Å². The maximum absolute atomic E-state index is 13.6. The Morgan fingerprint density at radius 1 is 1.13 bits per heavy atom. The fraction of sp³-hybridized carbons (Fsp3) is 0.414. The third-order valence-corrected chi connectivity index (χ3v) is 9.58. The normalized spacial score (nSPS) is 22.1. The van der Waals surface area contributed by atoms with E-state index in [4.69, 9.17) is 10.5 Å². The molecule has 1 saturated heterocycles. The number of allylic oxidation sites excluding steroid dienone is 1. The molecule has 5 rings (SSSR count). The van der Waals surface area contributed by atoms with Gasteiger partial charge in [-0.05, 0) is 67.5 Å². The lowest BCUT2D eigenvalue weighted by atomic mass is 9.78. The first-order valence-electron chi connectivity index (χ1n) is 13.3. The number of benzene rings is 1. The molecule has 1 saturated carbocycles. The van der Waals surface area contributed by atoms with Gasteiger partial charge in [0.1, 0.15) is 0 Å². The van der Waals surface area contributed by atoms with Gasteiger partial charge >= 0.3 is 0 Å². The molecule has 0 amide bonds. The molecule has 2 aromatic heterocycles. The van der Waals surface area contributed by atoms with E-state index in [0.29, 0.717) is 17.2 Å². The Morgan fingerprint density at radius 3 is 2.47 bits per heavy atom. The lowest BCUT2D eigenvalue weighted by Gasteiger charge is -2.34. The minimum Gasteiger partial charge on any atom is -0.404 e. The van der Waals surface area contributed by atoms with Crippen molar-refractivity contribution in [2.24, 2.45) is 24.6 Å². The largest absolute Gasteiger partial charge is 0.404 e. The number of hydrogen-bond donors (Lipinski definition) is 1. The highest BCUT2D eigenvalue weighted by Crippen LogP contribution is 2.34. The minimum atomic E-state index is -3.82. The Morgan fingerprint density at radius 2 is 1.84 bits per heavy atom. The van der Waals surface area contributed by atoms with Crippen LogP contribution >= 0.6 is 0 Å². The number of aromatic nitrogens is 3. The smallest absolute Gasteiger partial charge is 0.268 e. The van der Waals surface area contributed by atoms with Gasteiger partial charge in [-0.15, -0.1) is 0 Å². The Balaban J connectivity index is 1.46. The first-order valence-corrected chi connectivity index (χ1v) is 14.7. The van der Waals surface area contributed by atoms with Gasteiger partial charge in [-0.3, -0.25) is 9.58 Å². The van der Waals surface area contributed by atoms with Crippen molar-refractivity contribution < 1.29 is 13.2 Å². The summed E-state index contributed by atoms with van der Waals surface area (Å²) < 4.78 is 35.6. The van der Waals surface area contributed by atoms with Crippen molar-refractivity contribution in [1.82, 2.24) is 18.7 Å². The summed E-state index contributed by atoms with van der Waals surface area (Å²) in [7, 11) is -1.98. The molecular formula is C29H37N5O3S. The summed E-state index contributed by atoms with van der Waals surface area (Å²) in [5, 5.41) is 5.48. The maximum atomic E-state index is 13.6. The van der Waals surface area contributed by atoms with Gasteiger partial charge in [0.05, 0.1) is 29.7 Å². The summed E-state index contributed by atoms with van der Waals surface area (Å²) in [6, 6.07) is 8.44. The summed E-state index contributed by atoms with van der Waals surface area (Å²) in [5.74, 6) is 1.02. The topological polar surface area (TPSA) is 95.4 Å². The van der Waals surface area contributed by atoms with Crippen LogP contribution in [0.15, 0.2) is 65.6 Å². The van der Waals surface area contributed by atoms with Crippen LogP contribution in [0.3, 0.4) is 0 Å². The summed E-state index contributed by atoms with van der Waals surface area (Å²) >= 11 is 0. The lowest BCUT2D eigenvalue weighted by molar-refractivity contribution is 0.0269. The van der Waals surface area contributed by atoms with E-state index in [-0.39, 0.29) is 4.90 Å². The number of hydrogen-bond acceptors (Lipinski definition) is 6. The average Bonchev–Trinajstić information content (AvgIpc) is 3.51. The summed E-state index contributed by atoms with van der Waals surface area (Å²) in [5.41, 5.74) is 8.81. The van der Waals surface area contributed by atoms with Gasteiger partial charge in [0.15, 0.2) is 0 Å². The summed E-state index contributed by atoms with van der Waals surface area (Å²) in [6.07, 6.45) is 13.4. The van der Waals surface area contributed by atoms with Crippen LogP contribution < -0.4 is 16.3 Å². The molecule has 38 heavy (non-hydrogen) atoms. The van der Waals surface area contributed by atoms with Crippen molar-refractivity contribution in [2.45, 2.75) is 30.6 Å². The molecule has 2 fully saturated rings. The van der Waals surface area contributed by atoms with E-state index >= 15 is 0 Å². The molecule has 9 heteroatoms. The maximum Gasteiger partial charge on any atom is 0.268 e. The second kappa shape index (κ2) is 11.3. The van der Waals surface area contributed by atoms with Crippen LogP contribution in [0.25, 0.3) is 23.8 Å². The van der Waals surface area contributed by atoms with Crippen molar-refractivity contribution in [3.8, 4) is 11.1 Å². The average molecular weight is 536 g/mol. The summed E-state index contributed by atoms with van der Waals surface area (Å²) in [4.78, 5) is 2.74. The van der Waals surface area contributed by atoms with Gasteiger partial charge in [-0.25, -0.2) is 12.4 Å². The molecule has 1 aromatic carbocycles. The van der Waals surface area contributed by atoms with Crippen LogP contribution in [0, 0.1) is 11.8 Å². The zero-order chi connectivity index (χ0) is 26.7. The van der Waals surface area contributed by atoms with Crippen molar-refractivity contribution in [3.63, 3.8) is 0 Å². The fourth-order valence-corrected chi connectivity index (χ4v) is 7.07. The quantitative estimate of drug-likeness (QED) is 0.499. The SMILES string of the molecule is C=c1/c(=C\C(=C/N)C2CCC(CN3CCOCC3)CC2)c(-c2cnn(C)c2)cn1S(=O)(=O)c1ccccc1. The fourth-order valence-electron chi connectivity index (χ4n) is 5.71. The lowest BCUT2D eigenvalue weighted by Crippen LogP contribution is -2.40. The molecule has 2 aliphatic rings. The van der Waals surface area contributed by atoms with Gasteiger partial charge in [0.25, 0.3) is 10.0 Å². The predicted molar refractivity (Wildman–Crippen MR) is 150 cm³/mol. The van der Waals surface area contributed by atoms with Crippen molar-refractivity contribution >= 4 is 22.7 Å². The van der Waals surface area contributed by atoms with E-state index in [0.717, 1.165) is 80.4 Å². The van der Waals surface area contributed by atoms with Gasteiger partial charge in [0, 0.05) is 55.4 Å². The van der Waals surface area contributed by atoms with Crippen LogP contribution in [0.2, 0.25) is 0 Å². The van der Waals surface area contributed by atoms with E-state index < -0.39 is 10.0 Å². The highest BCUT2D eigenvalue weighted by molar-refractivity contribution is 7.90. The van der Waals surface area contributed by atoms with E-state index in [1.54, 1.807) is 53.6 Å². The Kier molecular flexibility index (Phi) is 7.88. The highest BCUT2D eigenvalue weighted by atomic mass is 32.2. The third kappa shape index (κ3) is 5.50. The standard InChI is InChI=1S/C29H37N5O3S/c1-22-28(16-25(17-30)24-10-8-23(9-11-24)19-33-12-14-37-15-13-33)29(26-18-31-32(2)20-26)21-34(22)38(35,36)27-6-4-3-5-7-27/h3-7,16-18,20-21,23-24H,1,8-15,19,30H2,2H3/b25-17+,28-16+. The second-order valence-electron chi connectivity index (χ2n) is 10.4. The molecule has 0 atom stereocenters. The molecule has 2 N–H and O–H groups in total. The molecule has 202 valence electrons. The Hall–Kier alpha value is -3.14. The van der Waals surface area contributed by atoms with Crippen LogP contribution in [-0.4, -0.2) is 59.9 Å². The minimum absolute atomic E-state index is 0.220. The van der Waals surface area contributed by atoms with Crippen LogP contribution in [0.4, 0.5) is 0 Å². The van der Waals surface area contributed by atoms with Gasteiger partial charge < -0.3 is 10.5 Å². The molecule has 1 aliphatic heterocycles. The molecule has 3 aromatic rings. The number of ether oxygens (including phenoxy) is 1. The number of rotatable bonds is 7. The Labute approximate surface area is 224 Å². The van der Waals surface area contributed by atoms with Crippen LogP contribution in [0.1, 0.15) is 25.7 Å². The first kappa shape index (κ1) is 26.5. The number of nitrogens with zero attached hydrogens (tertiary/aromatic N) is 4. The summed E-state index contributed by atoms with van der Waals surface area (Å²) in [6.45, 7) is 9.05. The van der Waals surface area contributed by atoms with Crippen molar-refractivity contribution in [2.75, 3.05) is 32.8 Å². The molecular weight excluding hydrogens is 498 g/mol. The predicted octanol–water partition coefficient (Wildman–Crippen LogP) is 2.30. The molecule has 0 unspecified atom stereocenters. The number of aryl methyl sites for hydroxylation is 1. The van der Waals surface area contributed by atoms with E-state index in [2.05, 4.69) is 16.6 Å². The molecule has 0 bridgehead atoms. The molecule has 3 heterocycles. The molecule has 8 nitrogen and oxygen atoms in total. The van der Waals surface area contributed by atoms with Gasteiger partial charge in [-0.2, -0.15) is 5.10 Å². The zero-order valence-corrected chi connectivity index (χ0v) is 22.8. The third-order valence-electron chi connectivity index (χ3n) is 7.87. The van der Waals surface area contributed by atoms with E-state index in [9.17, 15) is 8.42 Å². The second-order valence-corrected chi connectivity index (χ2v) is 12.2. The van der Waals surface area contributed by atoms with E-state index in [1.165, 1.54) is 3.97 Å².